The van der Waals surface area contributed by atoms with E-state index in [1.807, 2.05) is 6.07 Å². The van der Waals surface area contributed by atoms with Gasteiger partial charge in [0.1, 0.15) is 24.2 Å². The molecule has 100 valence electrons. The van der Waals surface area contributed by atoms with Crippen molar-refractivity contribution in [1.82, 2.24) is 0 Å². The molecule has 2 aromatic rings. The fourth-order valence-electron chi connectivity index (χ4n) is 1.81. The molecule has 0 unspecified atom stereocenters. The van der Waals surface area contributed by atoms with Crippen LogP contribution >= 0.6 is 0 Å². The number of carbonyl (C=O) groups excluding carboxylic acids is 1. The summed E-state index contributed by atoms with van der Waals surface area (Å²) in [5, 5.41) is 9.01. The molecular weight excluding hydrogens is 257 g/mol. The Hall–Kier alpha value is -2.67. The fourth-order valence-corrected chi connectivity index (χ4v) is 1.81. The van der Waals surface area contributed by atoms with Gasteiger partial charge in [-0.3, -0.25) is 4.79 Å². The van der Waals surface area contributed by atoms with Gasteiger partial charge < -0.3 is 4.74 Å². The Balaban J connectivity index is 2.15. The quantitative estimate of drug-likeness (QED) is 0.798. The Kier molecular flexibility index (Phi) is 4.11. The van der Waals surface area contributed by atoms with Crippen LogP contribution in [-0.4, -0.2) is 5.78 Å². The summed E-state index contributed by atoms with van der Waals surface area (Å²) in [6.07, 6.45) is 0. The monoisotopic (exact) mass is 269 g/mol. The van der Waals surface area contributed by atoms with Gasteiger partial charge in [0.05, 0.1) is 5.56 Å². The summed E-state index contributed by atoms with van der Waals surface area (Å²) in [4.78, 5) is 11.3. The van der Waals surface area contributed by atoms with Crippen LogP contribution in [0.4, 0.5) is 4.39 Å². The van der Waals surface area contributed by atoms with Crippen LogP contribution in [0.15, 0.2) is 42.5 Å². The van der Waals surface area contributed by atoms with Crippen molar-refractivity contribution in [2.45, 2.75) is 13.5 Å². The third-order valence-corrected chi connectivity index (χ3v) is 2.79. The maximum absolute atomic E-state index is 13.0. The Morgan fingerprint density at radius 1 is 1.30 bits per heavy atom. The van der Waals surface area contributed by atoms with Crippen molar-refractivity contribution >= 4 is 5.78 Å². The van der Waals surface area contributed by atoms with Gasteiger partial charge in [-0.25, -0.2) is 4.39 Å². The fraction of sp³-hybridized carbons (Fsp3) is 0.125. The van der Waals surface area contributed by atoms with Gasteiger partial charge in [-0.15, -0.1) is 0 Å². The number of benzene rings is 2. The Morgan fingerprint density at radius 3 is 2.75 bits per heavy atom. The van der Waals surface area contributed by atoms with Crippen LogP contribution in [0.3, 0.4) is 0 Å². The molecule has 0 bridgehead atoms. The van der Waals surface area contributed by atoms with Gasteiger partial charge in [0.25, 0.3) is 0 Å². The van der Waals surface area contributed by atoms with Gasteiger partial charge in [0.15, 0.2) is 5.78 Å². The van der Waals surface area contributed by atoms with E-state index in [0.717, 1.165) is 0 Å². The molecule has 2 aromatic carbocycles. The van der Waals surface area contributed by atoms with E-state index < -0.39 is 0 Å². The molecule has 4 heteroatoms. The topological polar surface area (TPSA) is 50.1 Å². The lowest BCUT2D eigenvalue weighted by atomic mass is 10.1. The average molecular weight is 269 g/mol. The van der Waals surface area contributed by atoms with E-state index in [9.17, 15) is 9.18 Å². The number of hydrogen-bond acceptors (Lipinski definition) is 3. The lowest BCUT2D eigenvalue weighted by molar-refractivity contribution is 0.101. The standard InChI is InChI=1S/C16H12FNO2/c1-11(19)16-6-5-15(8-13(16)9-18)20-10-12-3-2-4-14(17)7-12/h2-8H,10H2,1H3. The van der Waals surface area contributed by atoms with Crippen LogP contribution in [0.5, 0.6) is 5.75 Å². The molecule has 0 N–H and O–H groups in total. The highest BCUT2D eigenvalue weighted by Crippen LogP contribution is 2.19. The smallest absolute Gasteiger partial charge is 0.161 e. The van der Waals surface area contributed by atoms with E-state index in [1.165, 1.54) is 25.1 Å². The number of nitrogens with zero attached hydrogens (tertiary/aromatic N) is 1. The summed E-state index contributed by atoms with van der Waals surface area (Å²) in [7, 11) is 0. The Labute approximate surface area is 116 Å². The summed E-state index contributed by atoms with van der Waals surface area (Å²) >= 11 is 0. The Morgan fingerprint density at radius 2 is 2.10 bits per heavy atom. The molecule has 0 aliphatic carbocycles. The molecule has 3 nitrogen and oxygen atoms in total. The van der Waals surface area contributed by atoms with Crippen LogP contribution < -0.4 is 4.74 Å². The molecule has 0 saturated heterocycles. The van der Waals surface area contributed by atoms with E-state index in [1.54, 1.807) is 24.3 Å². The minimum Gasteiger partial charge on any atom is -0.489 e. The number of ketones is 1. The zero-order valence-corrected chi connectivity index (χ0v) is 10.9. The van der Waals surface area contributed by atoms with E-state index >= 15 is 0 Å². The van der Waals surface area contributed by atoms with Gasteiger partial charge in [-0.2, -0.15) is 5.26 Å². The van der Waals surface area contributed by atoms with Crippen molar-refractivity contribution in [3.63, 3.8) is 0 Å². The van der Waals surface area contributed by atoms with Gasteiger partial charge in [0.2, 0.25) is 0 Å². The number of nitriles is 1. The second-order valence-corrected chi connectivity index (χ2v) is 4.29. The zero-order chi connectivity index (χ0) is 14.5. The summed E-state index contributed by atoms with van der Waals surface area (Å²) < 4.78 is 18.5. The number of rotatable bonds is 4. The van der Waals surface area contributed by atoms with E-state index in [4.69, 9.17) is 10.00 Å². The minimum atomic E-state index is -0.323. The lowest BCUT2D eigenvalue weighted by Crippen LogP contribution is -2.00. The van der Waals surface area contributed by atoms with Gasteiger partial charge in [-0.05, 0) is 42.8 Å². The molecule has 0 aromatic heterocycles. The van der Waals surface area contributed by atoms with Gasteiger partial charge >= 0.3 is 0 Å². The molecular formula is C16H12FNO2. The predicted molar refractivity (Wildman–Crippen MR) is 71.9 cm³/mol. The first-order valence-corrected chi connectivity index (χ1v) is 6.02. The number of ether oxygens (including phenoxy) is 1. The van der Waals surface area contributed by atoms with Gasteiger partial charge in [-0.1, -0.05) is 12.1 Å². The highest BCUT2D eigenvalue weighted by molar-refractivity contribution is 5.96. The Bertz CT molecular complexity index is 689. The molecule has 2 rings (SSSR count). The summed E-state index contributed by atoms with van der Waals surface area (Å²) in [6.45, 7) is 1.60. The first-order chi connectivity index (χ1) is 9.60. The maximum Gasteiger partial charge on any atom is 0.161 e. The molecule has 20 heavy (non-hydrogen) atoms. The van der Waals surface area contributed by atoms with E-state index in [0.29, 0.717) is 16.9 Å². The maximum atomic E-state index is 13.0. The van der Waals surface area contributed by atoms with Crippen LogP contribution in [0.1, 0.15) is 28.4 Å². The normalized spacial score (nSPS) is 9.85. The minimum absolute atomic E-state index is 0.168. The van der Waals surface area contributed by atoms with Crippen molar-refractivity contribution < 1.29 is 13.9 Å². The summed E-state index contributed by atoms with van der Waals surface area (Å²) in [5.74, 6) is -0.0233. The number of Topliss-reactive ketones (excluding diaryl/α,β-unsaturated/α-hetero) is 1. The highest BCUT2D eigenvalue weighted by Gasteiger charge is 2.08. The van der Waals surface area contributed by atoms with Crippen LogP contribution in [0.2, 0.25) is 0 Å². The molecule has 0 saturated carbocycles. The largest absolute Gasteiger partial charge is 0.489 e. The third kappa shape index (κ3) is 3.21. The number of carbonyl (C=O) groups is 1. The lowest BCUT2D eigenvalue weighted by Gasteiger charge is -2.08. The molecule has 0 fully saturated rings. The number of hydrogen-bond donors (Lipinski definition) is 0. The van der Waals surface area contributed by atoms with Crippen molar-refractivity contribution in [2.24, 2.45) is 0 Å². The van der Waals surface area contributed by atoms with E-state index in [2.05, 4.69) is 0 Å². The van der Waals surface area contributed by atoms with Crippen molar-refractivity contribution in [1.29, 1.82) is 5.26 Å². The molecule has 0 aliphatic heterocycles. The van der Waals surface area contributed by atoms with Crippen LogP contribution in [0.25, 0.3) is 0 Å². The van der Waals surface area contributed by atoms with Gasteiger partial charge in [0, 0.05) is 5.56 Å². The van der Waals surface area contributed by atoms with E-state index in [-0.39, 0.29) is 23.8 Å². The molecule has 0 aliphatic rings. The zero-order valence-electron chi connectivity index (χ0n) is 10.9. The molecule has 0 spiro atoms. The van der Waals surface area contributed by atoms with Crippen molar-refractivity contribution in [2.75, 3.05) is 0 Å². The summed E-state index contributed by atoms with van der Waals surface area (Å²) in [5.41, 5.74) is 1.33. The van der Waals surface area contributed by atoms with Crippen molar-refractivity contribution in [3.8, 4) is 11.8 Å². The second-order valence-electron chi connectivity index (χ2n) is 4.29. The van der Waals surface area contributed by atoms with Crippen LogP contribution in [-0.2, 0) is 6.61 Å². The molecule has 0 heterocycles. The SMILES string of the molecule is CC(=O)c1ccc(OCc2cccc(F)c2)cc1C#N. The third-order valence-electron chi connectivity index (χ3n) is 2.79. The number of halogens is 1. The molecule has 0 amide bonds. The average Bonchev–Trinajstić information content (AvgIpc) is 2.44. The first kappa shape index (κ1) is 13.8. The van der Waals surface area contributed by atoms with Crippen molar-refractivity contribution in [3.05, 3.63) is 65.0 Å². The summed E-state index contributed by atoms with van der Waals surface area (Å²) in [6, 6.07) is 12.8. The molecule has 0 atom stereocenters. The second kappa shape index (κ2) is 5.98. The highest BCUT2D eigenvalue weighted by atomic mass is 19.1. The predicted octanol–water partition coefficient (Wildman–Crippen LogP) is 3.48. The van der Waals surface area contributed by atoms with Crippen LogP contribution in [0, 0.1) is 17.1 Å². The first-order valence-electron chi connectivity index (χ1n) is 6.02. The molecule has 0 radical (unpaired) electrons.